The minimum Gasteiger partial charge on any atom is -0.310 e. The first-order valence-electron chi connectivity index (χ1n) is 22.6. The predicted molar refractivity (Wildman–Crippen MR) is 275 cm³/mol. The molecule has 0 unspecified atom stereocenters. The molecule has 0 bridgehead atoms. The van der Waals surface area contributed by atoms with Gasteiger partial charge >= 0.3 is 0 Å². The van der Waals surface area contributed by atoms with Gasteiger partial charge in [-0.25, -0.2) is 0 Å². The highest BCUT2D eigenvalue weighted by atomic mass is 15.1. The summed E-state index contributed by atoms with van der Waals surface area (Å²) in [6.07, 6.45) is 0. The molecule has 0 spiro atoms. The number of anilines is 3. The van der Waals surface area contributed by atoms with Gasteiger partial charge in [-0.1, -0.05) is 184 Å². The Morgan fingerprint density at radius 2 is 0.800 bits per heavy atom. The van der Waals surface area contributed by atoms with E-state index in [-0.39, 0.29) is 5.41 Å². The number of rotatable bonds is 8. The summed E-state index contributed by atoms with van der Waals surface area (Å²) in [5, 5.41) is 2.46. The Kier molecular flexibility index (Phi) is 9.21. The van der Waals surface area contributed by atoms with E-state index in [0.29, 0.717) is 0 Å². The van der Waals surface area contributed by atoms with Crippen molar-refractivity contribution in [1.82, 2.24) is 4.57 Å². The molecule has 1 aliphatic carbocycles. The fourth-order valence-electron chi connectivity index (χ4n) is 10.3. The maximum absolute atomic E-state index is 2.45. The number of aromatic nitrogens is 1. The Morgan fingerprint density at radius 3 is 1.45 bits per heavy atom. The first-order valence-corrected chi connectivity index (χ1v) is 22.6. The van der Waals surface area contributed by atoms with Gasteiger partial charge in [-0.15, -0.1) is 0 Å². The summed E-state index contributed by atoms with van der Waals surface area (Å²) in [6, 6.07) is 88.8. The summed E-state index contributed by atoms with van der Waals surface area (Å²) in [4.78, 5) is 2.41. The van der Waals surface area contributed by atoms with E-state index in [0.717, 1.165) is 22.7 Å². The van der Waals surface area contributed by atoms with Crippen LogP contribution < -0.4 is 4.90 Å². The van der Waals surface area contributed by atoms with E-state index in [1.807, 2.05) is 0 Å². The summed E-state index contributed by atoms with van der Waals surface area (Å²) >= 11 is 0. The van der Waals surface area contributed by atoms with Gasteiger partial charge < -0.3 is 9.47 Å². The average Bonchev–Trinajstić information content (AvgIpc) is 3.82. The molecular formula is C63H46N2. The monoisotopic (exact) mass is 830 g/mol. The van der Waals surface area contributed by atoms with Crippen LogP contribution in [-0.4, -0.2) is 4.57 Å². The number of para-hydroxylation sites is 1. The summed E-state index contributed by atoms with van der Waals surface area (Å²) < 4.78 is 2.45. The Morgan fingerprint density at radius 1 is 0.323 bits per heavy atom. The molecule has 10 aromatic carbocycles. The van der Waals surface area contributed by atoms with Crippen molar-refractivity contribution in [1.29, 1.82) is 0 Å². The first kappa shape index (κ1) is 38.5. The molecule has 2 nitrogen and oxygen atoms in total. The molecule has 11 aromatic rings. The van der Waals surface area contributed by atoms with Gasteiger partial charge in [0.05, 0.1) is 11.0 Å². The molecule has 0 fully saturated rings. The third-order valence-corrected chi connectivity index (χ3v) is 13.6. The molecule has 12 rings (SSSR count). The van der Waals surface area contributed by atoms with Crippen LogP contribution in [0.3, 0.4) is 0 Å². The van der Waals surface area contributed by atoms with Crippen LogP contribution in [-0.2, 0) is 5.41 Å². The Labute approximate surface area is 381 Å². The van der Waals surface area contributed by atoms with Crippen LogP contribution in [0.5, 0.6) is 0 Å². The fraction of sp³-hybridized carbons (Fsp3) is 0.0476. The van der Waals surface area contributed by atoms with Gasteiger partial charge in [0.2, 0.25) is 0 Å². The van der Waals surface area contributed by atoms with Gasteiger partial charge in [-0.05, 0) is 134 Å². The molecule has 2 heteroatoms. The summed E-state index contributed by atoms with van der Waals surface area (Å²) in [7, 11) is 0. The van der Waals surface area contributed by atoms with Gasteiger partial charge in [0, 0.05) is 44.5 Å². The van der Waals surface area contributed by atoms with Crippen LogP contribution in [0.1, 0.15) is 25.0 Å². The molecule has 0 radical (unpaired) electrons. The summed E-state index contributed by atoms with van der Waals surface area (Å²) in [5.41, 5.74) is 21.7. The minimum atomic E-state index is -0.110. The lowest BCUT2D eigenvalue weighted by atomic mass is 9.82. The molecule has 0 saturated carbocycles. The van der Waals surface area contributed by atoms with Crippen LogP contribution >= 0.6 is 0 Å². The molecule has 0 atom stereocenters. The smallest absolute Gasteiger partial charge is 0.0619 e. The van der Waals surface area contributed by atoms with Crippen LogP contribution in [0, 0.1) is 0 Å². The molecule has 0 saturated heterocycles. The predicted octanol–water partition coefficient (Wildman–Crippen LogP) is 17.2. The minimum absolute atomic E-state index is 0.110. The van der Waals surface area contributed by atoms with Crippen LogP contribution in [0.15, 0.2) is 243 Å². The van der Waals surface area contributed by atoms with Gasteiger partial charge in [-0.3, -0.25) is 0 Å². The third-order valence-electron chi connectivity index (χ3n) is 13.6. The lowest BCUT2D eigenvalue weighted by molar-refractivity contribution is 0.660. The molecule has 0 aliphatic heterocycles. The van der Waals surface area contributed by atoms with Crippen LogP contribution in [0.4, 0.5) is 17.1 Å². The van der Waals surface area contributed by atoms with E-state index in [1.165, 1.54) is 88.6 Å². The van der Waals surface area contributed by atoms with Gasteiger partial charge in [0.25, 0.3) is 0 Å². The summed E-state index contributed by atoms with van der Waals surface area (Å²) in [5.74, 6) is 0. The fourth-order valence-corrected chi connectivity index (χ4v) is 10.3. The zero-order valence-electron chi connectivity index (χ0n) is 36.5. The third kappa shape index (κ3) is 6.57. The number of benzene rings is 10. The maximum Gasteiger partial charge on any atom is 0.0619 e. The molecule has 1 heterocycles. The van der Waals surface area contributed by atoms with E-state index in [1.54, 1.807) is 0 Å². The van der Waals surface area contributed by atoms with Gasteiger partial charge in [0.1, 0.15) is 0 Å². The molecule has 1 aliphatic rings. The second kappa shape index (κ2) is 15.6. The van der Waals surface area contributed by atoms with Crippen molar-refractivity contribution in [3.8, 4) is 61.3 Å². The highest BCUT2D eigenvalue weighted by Gasteiger charge is 2.35. The van der Waals surface area contributed by atoms with Crippen LogP contribution in [0.2, 0.25) is 0 Å². The van der Waals surface area contributed by atoms with Crippen molar-refractivity contribution >= 4 is 38.9 Å². The lowest BCUT2D eigenvalue weighted by Gasteiger charge is -2.28. The normalized spacial score (nSPS) is 12.6. The Hall–Kier alpha value is -8.20. The zero-order chi connectivity index (χ0) is 43.5. The van der Waals surface area contributed by atoms with Crippen molar-refractivity contribution in [3.05, 3.63) is 254 Å². The van der Waals surface area contributed by atoms with Crippen molar-refractivity contribution in [2.75, 3.05) is 4.90 Å². The topological polar surface area (TPSA) is 8.17 Å². The molecular weight excluding hydrogens is 785 g/mol. The molecule has 65 heavy (non-hydrogen) atoms. The quantitative estimate of drug-likeness (QED) is 0.148. The zero-order valence-corrected chi connectivity index (χ0v) is 36.5. The number of nitrogens with zero attached hydrogens (tertiary/aromatic N) is 2. The Bertz CT molecular complexity index is 3510. The number of hydrogen-bond donors (Lipinski definition) is 0. The van der Waals surface area contributed by atoms with Crippen molar-refractivity contribution in [2.24, 2.45) is 0 Å². The Balaban J connectivity index is 1.00. The molecule has 0 amide bonds. The van der Waals surface area contributed by atoms with E-state index in [4.69, 9.17) is 0 Å². The highest BCUT2D eigenvalue weighted by molar-refractivity contribution is 6.16. The van der Waals surface area contributed by atoms with E-state index >= 15 is 0 Å². The average molecular weight is 831 g/mol. The number of hydrogen-bond acceptors (Lipinski definition) is 1. The standard InChI is InChI=1S/C63H46N2/c1-63(2)59-26-16-15-25-54(59)55-37-36-53(42-60(55)63)64(51-32-27-45(28-33-51)43-17-7-3-8-18-43)52-34-29-46(30-35-52)48-31-38-61-57(39-48)58-41-49(44-19-9-4-10-20-44)40-56(47-21-11-5-12-22-47)62(58)65(61)50-23-13-6-14-24-50/h3-42H,1-2H3. The SMILES string of the molecule is CC1(C)c2ccccc2-c2ccc(N(c3ccc(-c4ccccc4)cc3)c3ccc(-c4ccc5c(c4)c4cc(-c6ccccc6)cc(-c6ccccc6)c4n5-c4ccccc4)cc3)cc21. The van der Waals surface area contributed by atoms with Crippen molar-refractivity contribution in [2.45, 2.75) is 19.3 Å². The molecule has 0 N–H and O–H groups in total. The first-order chi connectivity index (χ1) is 32.0. The second-order valence-corrected chi connectivity index (χ2v) is 17.8. The summed E-state index contributed by atoms with van der Waals surface area (Å²) in [6.45, 7) is 4.71. The van der Waals surface area contributed by atoms with E-state index in [9.17, 15) is 0 Å². The lowest BCUT2D eigenvalue weighted by Crippen LogP contribution is -2.16. The van der Waals surface area contributed by atoms with Gasteiger partial charge in [-0.2, -0.15) is 0 Å². The molecule has 308 valence electrons. The second-order valence-electron chi connectivity index (χ2n) is 17.8. The van der Waals surface area contributed by atoms with Crippen molar-refractivity contribution < 1.29 is 0 Å². The number of fused-ring (bicyclic) bond motifs is 6. The van der Waals surface area contributed by atoms with Crippen molar-refractivity contribution in [3.63, 3.8) is 0 Å². The molecule has 1 aromatic heterocycles. The maximum atomic E-state index is 2.45. The largest absolute Gasteiger partial charge is 0.310 e. The van der Waals surface area contributed by atoms with E-state index < -0.39 is 0 Å². The van der Waals surface area contributed by atoms with Crippen LogP contribution in [0.25, 0.3) is 83.1 Å². The highest BCUT2D eigenvalue weighted by Crippen LogP contribution is 2.51. The van der Waals surface area contributed by atoms with E-state index in [2.05, 4.69) is 266 Å². The van der Waals surface area contributed by atoms with Gasteiger partial charge in [0.15, 0.2) is 0 Å².